The van der Waals surface area contributed by atoms with Gasteiger partial charge >= 0.3 is 0 Å². The van der Waals surface area contributed by atoms with Crippen molar-refractivity contribution in [3.63, 3.8) is 0 Å². The summed E-state index contributed by atoms with van der Waals surface area (Å²) in [6.07, 6.45) is 4.35. The summed E-state index contributed by atoms with van der Waals surface area (Å²) in [5.41, 5.74) is -0.161. The highest BCUT2D eigenvalue weighted by Crippen LogP contribution is 2.30. The summed E-state index contributed by atoms with van der Waals surface area (Å²) >= 11 is 1.13. The molecule has 0 aliphatic heterocycles. The van der Waals surface area contributed by atoms with E-state index in [1.54, 1.807) is 19.1 Å². The van der Waals surface area contributed by atoms with Crippen molar-refractivity contribution >= 4 is 17.7 Å². The molecule has 1 aromatic carbocycles. The smallest absolute Gasteiger partial charge is 0.277 e. The van der Waals surface area contributed by atoms with Crippen LogP contribution in [0.5, 0.6) is 0 Å². The second-order valence-electron chi connectivity index (χ2n) is 6.38. The number of thioether (sulfide) groups is 1. The van der Waals surface area contributed by atoms with E-state index >= 15 is 0 Å². The molecule has 0 radical (unpaired) electrons. The first-order valence-electron chi connectivity index (χ1n) is 8.51. The molecule has 1 atom stereocenters. The van der Waals surface area contributed by atoms with Crippen LogP contribution in [0.25, 0.3) is 11.5 Å². The number of hydrogen-bond donors (Lipinski definition) is 1. The molecule has 0 spiro atoms. The Bertz CT molecular complexity index is 809. The molecule has 1 aliphatic rings. The molecule has 1 unspecified atom stereocenters. The lowest BCUT2D eigenvalue weighted by Crippen LogP contribution is -2.50. The first kappa shape index (κ1) is 18.4. The van der Waals surface area contributed by atoms with Crippen molar-refractivity contribution < 1.29 is 13.6 Å². The Hall–Kier alpha value is -2.40. The zero-order valence-corrected chi connectivity index (χ0v) is 15.2. The quantitative estimate of drug-likeness (QED) is 0.803. The molecule has 1 N–H and O–H groups in total. The van der Waals surface area contributed by atoms with Crippen LogP contribution in [0, 0.1) is 17.1 Å². The first-order chi connectivity index (χ1) is 12.5. The van der Waals surface area contributed by atoms with Gasteiger partial charge in [-0.3, -0.25) is 4.79 Å². The number of carbonyl (C=O) groups excluding carboxylic acids is 1. The highest BCUT2D eigenvalue weighted by Gasteiger charge is 2.35. The van der Waals surface area contributed by atoms with Gasteiger partial charge in [-0.25, -0.2) is 4.39 Å². The van der Waals surface area contributed by atoms with E-state index < -0.39 is 10.8 Å². The number of nitrogens with one attached hydrogen (secondary N) is 1. The van der Waals surface area contributed by atoms with Crippen molar-refractivity contribution in [2.75, 3.05) is 0 Å². The van der Waals surface area contributed by atoms with Crippen LogP contribution in [0.4, 0.5) is 4.39 Å². The van der Waals surface area contributed by atoms with Gasteiger partial charge in [-0.1, -0.05) is 31.0 Å². The molecule has 26 heavy (non-hydrogen) atoms. The third-order valence-electron chi connectivity index (χ3n) is 4.43. The molecular weight excluding hydrogens is 355 g/mol. The lowest BCUT2D eigenvalue weighted by molar-refractivity contribution is -0.122. The molecule has 136 valence electrons. The minimum absolute atomic E-state index is 0.222. The van der Waals surface area contributed by atoms with E-state index in [0.29, 0.717) is 18.4 Å². The standard InChI is InChI=1S/C18H19FN4O2S/c1-12(15(24)21-18(11-20)9-3-2-4-10-18)26-17-23-22-16(25-17)13-5-7-14(19)8-6-13/h5-8,12H,2-4,9-10H2,1H3,(H,21,24). The molecule has 1 saturated carbocycles. The molecule has 1 aromatic heterocycles. The van der Waals surface area contributed by atoms with Gasteiger partial charge in [-0.05, 0) is 44.0 Å². The summed E-state index contributed by atoms with van der Waals surface area (Å²) in [7, 11) is 0. The molecule has 1 aliphatic carbocycles. The third-order valence-corrected chi connectivity index (χ3v) is 5.36. The Morgan fingerprint density at radius 1 is 1.31 bits per heavy atom. The van der Waals surface area contributed by atoms with Gasteiger partial charge < -0.3 is 9.73 Å². The maximum Gasteiger partial charge on any atom is 0.277 e. The van der Waals surface area contributed by atoms with Crippen molar-refractivity contribution in [2.24, 2.45) is 0 Å². The van der Waals surface area contributed by atoms with Gasteiger partial charge in [0.1, 0.15) is 11.4 Å². The number of amides is 1. The van der Waals surface area contributed by atoms with E-state index in [1.807, 2.05) is 0 Å². The molecule has 1 heterocycles. The fourth-order valence-electron chi connectivity index (χ4n) is 2.93. The zero-order valence-electron chi connectivity index (χ0n) is 14.4. The predicted molar refractivity (Wildman–Crippen MR) is 94.6 cm³/mol. The van der Waals surface area contributed by atoms with Crippen molar-refractivity contribution in [3.8, 4) is 17.5 Å². The number of rotatable bonds is 5. The number of carbonyl (C=O) groups is 1. The molecule has 0 bridgehead atoms. The number of aromatic nitrogens is 2. The second-order valence-corrected chi connectivity index (χ2v) is 7.68. The summed E-state index contributed by atoms with van der Waals surface area (Å²) in [4.78, 5) is 12.5. The van der Waals surface area contributed by atoms with Gasteiger partial charge in [-0.2, -0.15) is 5.26 Å². The average molecular weight is 374 g/mol. The van der Waals surface area contributed by atoms with Crippen LogP contribution in [-0.2, 0) is 4.79 Å². The molecule has 6 nitrogen and oxygen atoms in total. The minimum atomic E-state index is -0.766. The number of halogens is 1. The lowest BCUT2D eigenvalue weighted by Gasteiger charge is -2.32. The van der Waals surface area contributed by atoms with Crippen LogP contribution in [-0.4, -0.2) is 26.9 Å². The largest absolute Gasteiger partial charge is 0.411 e. The summed E-state index contributed by atoms with van der Waals surface area (Å²) in [5, 5.41) is 20.0. The van der Waals surface area contributed by atoms with Crippen molar-refractivity contribution in [3.05, 3.63) is 30.1 Å². The summed E-state index contributed by atoms with van der Waals surface area (Å²) in [6, 6.07) is 8.00. The highest BCUT2D eigenvalue weighted by atomic mass is 32.2. The van der Waals surface area contributed by atoms with Crippen LogP contribution in [0.1, 0.15) is 39.0 Å². The lowest BCUT2D eigenvalue weighted by atomic mass is 9.83. The number of nitrogens with zero attached hydrogens (tertiary/aromatic N) is 3. The maximum atomic E-state index is 13.0. The van der Waals surface area contributed by atoms with E-state index in [2.05, 4.69) is 21.6 Å². The van der Waals surface area contributed by atoms with E-state index in [9.17, 15) is 14.4 Å². The second kappa shape index (κ2) is 7.87. The molecule has 3 rings (SSSR count). The topological polar surface area (TPSA) is 91.8 Å². The van der Waals surface area contributed by atoms with Crippen molar-refractivity contribution in [1.82, 2.24) is 15.5 Å². The molecule has 0 saturated heterocycles. The summed E-state index contributed by atoms with van der Waals surface area (Å²) in [5.74, 6) is -0.303. The highest BCUT2D eigenvalue weighted by molar-refractivity contribution is 8.00. The Labute approximate surface area is 155 Å². The Balaban J connectivity index is 1.62. The van der Waals surface area contributed by atoms with E-state index in [0.717, 1.165) is 31.0 Å². The van der Waals surface area contributed by atoms with Crippen LogP contribution < -0.4 is 5.32 Å². The van der Waals surface area contributed by atoms with Gasteiger partial charge in [0, 0.05) is 5.56 Å². The molecule has 2 aromatic rings. The Morgan fingerprint density at radius 2 is 2.00 bits per heavy atom. The van der Waals surface area contributed by atoms with Gasteiger partial charge in [0.2, 0.25) is 11.8 Å². The fraction of sp³-hybridized carbons (Fsp3) is 0.444. The predicted octanol–water partition coefficient (Wildman–Crippen LogP) is 3.70. The fourth-order valence-corrected chi connectivity index (χ4v) is 3.61. The number of hydrogen-bond acceptors (Lipinski definition) is 6. The first-order valence-corrected chi connectivity index (χ1v) is 9.39. The van der Waals surface area contributed by atoms with Crippen LogP contribution in [0.2, 0.25) is 0 Å². The molecular formula is C18H19FN4O2S. The number of benzene rings is 1. The summed E-state index contributed by atoms with van der Waals surface area (Å²) < 4.78 is 18.5. The minimum Gasteiger partial charge on any atom is -0.411 e. The van der Waals surface area contributed by atoms with E-state index in [1.165, 1.54) is 12.1 Å². The van der Waals surface area contributed by atoms with Crippen molar-refractivity contribution in [2.45, 2.75) is 55.0 Å². The molecule has 1 amide bonds. The van der Waals surface area contributed by atoms with Gasteiger partial charge in [0.25, 0.3) is 5.22 Å². The van der Waals surface area contributed by atoms with Gasteiger partial charge in [0.05, 0.1) is 11.3 Å². The van der Waals surface area contributed by atoms with Gasteiger partial charge in [0.15, 0.2) is 0 Å². The maximum absolute atomic E-state index is 13.0. The van der Waals surface area contributed by atoms with Crippen LogP contribution in [0.3, 0.4) is 0 Å². The monoisotopic (exact) mass is 374 g/mol. The molecule has 1 fully saturated rings. The van der Waals surface area contributed by atoms with Crippen LogP contribution >= 0.6 is 11.8 Å². The summed E-state index contributed by atoms with van der Waals surface area (Å²) in [6.45, 7) is 1.73. The van der Waals surface area contributed by atoms with Crippen LogP contribution in [0.15, 0.2) is 33.9 Å². The third kappa shape index (κ3) is 4.22. The number of nitriles is 1. The van der Waals surface area contributed by atoms with Gasteiger partial charge in [-0.15, -0.1) is 10.2 Å². The zero-order chi connectivity index (χ0) is 18.6. The normalized spacial score (nSPS) is 17.3. The van der Waals surface area contributed by atoms with E-state index in [4.69, 9.17) is 4.42 Å². The Kier molecular flexibility index (Phi) is 5.57. The average Bonchev–Trinajstić information content (AvgIpc) is 3.11. The van der Waals surface area contributed by atoms with E-state index in [-0.39, 0.29) is 22.8 Å². The van der Waals surface area contributed by atoms with Crippen molar-refractivity contribution in [1.29, 1.82) is 5.26 Å². The Morgan fingerprint density at radius 3 is 2.65 bits per heavy atom. The SMILES string of the molecule is CC(Sc1nnc(-c2ccc(F)cc2)o1)C(=O)NC1(C#N)CCCCC1. The molecule has 8 heteroatoms.